The maximum absolute atomic E-state index is 11.5. The number of nitrogens with one attached hydrogen (secondary N) is 2. The standard InChI is InChI=1S/C12H16N2O2Si/c1-17(2,9-6-4-3-5-7-9)8-10-11(15)14-12(16)13-10/h3-7,10H,8H2,1-2H3,(H2,13,14,15,16)/t10-/m1/s1. The third-order valence-electron chi connectivity index (χ3n) is 3.13. The van der Waals surface area contributed by atoms with Gasteiger partial charge in [-0.05, 0) is 6.04 Å². The molecule has 0 saturated carbocycles. The van der Waals surface area contributed by atoms with Crippen molar-refractivity contribution in [2.24, 2.45) is 0 Å². The number of carbonyl (C=O) groups excluding carboxylic acids is 2. The van der Waals surface area contributed by atoms with Crippen LogP contribution in [0.3, 0.4) is 0 Å². The zero-order chi connectivity index (χ0) is 12.5. The number of benzene rings is 1. The van der Waals surface area contributed by atoms with Gasteiger partial charge in [-0.25, -0.2) is 4.79 Å². The van der Waals surface area contributed by atoms with Crippen LogP contribution >= 0.6 is 0 Å². The zero-order valence-electron chi connectivity index (χ0n) is 9.99. The van der Waals surface area contributed by atoms with Crippen molar-refractivity contribution in [3.8, 4) is 0 Å². The molecule has 2 N–H and O–H groups in total. The zero-order valence-corrected chi connectivity index (χ0v) is 11.0. The smallest absolute Gasteiger partial charge is 0.322 e. The second-order valence-corrected chi connectivity index (χ2v) is 9.72. The van der Waals surface area contributed by atoms with Crippen molar-refractivity contribution in [2.45, 2.75) is 25.2 Å². The summed E-state index contributed by atoms with van der Waals surface area (Å²) in [5, 5.41) is 6.24. The van der Waals surface area contributed by atoms with Crippen molar-refractivity contribution in [3.63, 3.8) is 0 Å². The van der Waals surface area contributed by atoms with Crippen LogP contribution in [0.1, 0.15) is 0 Å². The van der Waals surface area contributed by atoms with Crippen LogP contribution in [0.15, 0.2) is 30.3 Å². The quantitative estimate of drug-likeness (QED) is 0.614. The number of hydrogen-bond acceptors (Lipinski definition) is 2. The fourth-order valence-corrected chi connectivity index (χ4v) is 4.76. The van der Waals surface area contributed by atoms with Gasteiger partial charge in [-0.1, -0.05) is 48.6 Å². The van der Waals surface area contributed by atoms with E-state index in [0.717, 1.165) is 6.04 Å². The van der Waals surface area contributed by atoms with Gasteiger partial charge in [0.2, 0.25) is 5.91 Å². The first-order valence-electron chi connectivity index (χ1n) is 5.66. The van der Waals surface area contributed by atoms with Crippen molar-refractivity contribution in [1.29, 1.82) is 0 Å². The van der Waals surface area contributed by atoms with Crippen LogP contribution in [0.25, 0.3) is 0 Å². The number of hydrogen-bond donors (Lipinski definition) is 2. The van der Waals surface area contributed by atoms with E-state index in [1.807, 2.05) is 18.2 Å². The van der Waals surface area contributed by atoms with Crippen LogP contribution in [0, 0.1) is 0 Å². The van der Waals surface area contributed by atoms with Crippen LogP contribution < -0.4 is 15.8 Å². The maximum atomic E-state index is 11.5. The van der Waals surface area contributed by atoms with Crippen LogP contribution in [0.4, 0.5) is 4.79 Å². The molecule has 2 rings (SSSR count). The molecular formula is C12H16N2O2Si. The van der Waals surface area contributed by atoms with Gasteiger partial charge >= 0.3 is 6.03 Å². The van der Waals surface area contributed by atoms with Gasteiger partial charge in [0.1, 0.15) is 6.04 Å². The summed E-state index contributed by atoms with van der Waals surface area (Å²) in [6, 6.07) is 10.2. The van der Waals surface area contributed by atoms with Gasteiger partial charge < -0.3 is 5.32 Å². The topological polar surface area (TPSA) is 58.2 Å². The van der Waals surface area contributed by atoms with Crippen LogP contribution in [-0.2, 0) is 4.79 Å². The van der Waals surface area contributed by atoms with Crippen molar-refractivity contribution < 1.29 is 9.59 Å². The van der Waals surface area contributed by atoms with E-state index in [2.05, 4.69) is 35.9 Å². The second-order valence-electron chi connectivity index (χ2n) is 4.97. The molecule has 1 aliphatic rings. The molecule has 0 spiro atoms. The number of imide groups is 1. The van der Waals surface area contributed by atoms with Gasteiger partial charge in [-0.3, -0.25) is 10.1 Å². The van der Waals surface area contributed by atoms with Crippen molar-refractivity contribution >= 4 is 25.2 Å². The summed E-state index contributed by atoms with van der Waals surface area (Å²) >= 11 is 0. The predicted octanol–water partition coefficient (Wildman–Crippen LogP) is 0.810. The molecule has 1 aliphatic heterocycles. The Labute approximate surface area is 101 Å². The SMILES string of the molecule is C[Si](C)(C[C@H]1NC(=O)NC1=O)c1ccccc1. The van der Waals surface area contributed by atoms with Crippen molar-refractivity contribution in [2.75, 3.05) is 0 Å². The molecule has 0 bridgehead atoms. The number of carbonyl (C=O) groups is 2. The van der Waals surface area contributed by atoms with Crippen LogP contribution in [-0.4, -0.2) is 26.1 Å². The number of amides is 3. The molecule has 1 heterocycles. The summed E-state index contributed by atoms with van der Waals surface area (Å²) < 4.78 is 0. The fraction of sp³-hybridized carbons (Fsp3) is 0.333. The van der Waals surface area contributed by atoms with Crippen LogP contribution in [0.5, 0.6) is 0 Å². The highest BCUT2D eigenvalue weighted by Crippen LogP contribution is 2.14. The first-order chi connectivity index (χ1) is 7.99. The molecule has 4 nitrogen and oxygen atoms in total. The minimum absolute atomic E-state index is 0.202. The molecule has 1 atom stereocenters. The lowest BCUT2D eigenvalue weighted by atomic mass is 10.3. The van der Waals surface area contributed by atoms with E-state index in [4.69, 9.17) is 0 Å². The molecule has 1 fully saturated rings. The molecule has 1 aromatic rings. The van der Waals surface area contributed by atoms with Gasteiger partial charge in [-0.2, -0.15) is 0 Å². The normalized spacial score (nSPS) is 20.0. The monoisotopic (exact) mass is 248 g/mol. The fourth-order valence-electron chi connectivity index (χ4n) is 2.12. The van der Waals surface area contributed by atoms with Gasteiger partial charge in [0.25, 0.3) is 0 Å². The van der Waals surface area contributed by atoms with Gasteiger partial charge in [0, 0.05) is 0 Å². The molecule has 0 aromatic heterocycles. The van der Waals surface area contributed by atoms with Crippen LogP contribution in [0.2, 0.25) is 19.1 Å². The first-order valence-corrected chi connectivity index (χ1v) is 8.87. The number of rotatable bonds is 3. The molecule has 5 heteroatoms. The Balaban J connectivity index is 2.13. The Bertz CT molecular complexity index is 445. The Morgan fingerprint density at radius 2 is 1.82 bits per heavy atom. The molecule has 1 saturated heterocycles. The minimum atomic E-state index is -1.69. The second kappa shape index (κ2) is 4.33. The third kappa shape index (κ3) is 2.55. The third-order valence-corrected chi connectivity index (χ3v) is 6.45. The molecule has 90 valence electrons. The highest BCUT2D eigenvalue weighted by molar-refractivity contribution is 6.90. The average molecular weight is 248 g/mol. The van der Waals surface area contributed by atoms with Gasteiger partial charge in [0.05, 0.1) is 8.07 Å². The Morgan fingerprint density at radius 3 is 2.35 bits per heavy atom. The Kier molecular flexibility index (Phi) is 3.02. The van der Waals surface area contributed by atoms with E-state index in [0.29, 0.717) is 0 Å². The lowest BCUT2D eigenvalue weighted by molar-refractivity contribution is -0.119. The highest BCUT2D eigenvalue weighted by atomic mass is 28.3. The maximum Gasteiger partial charge on any atom is 0.322 e. The van der Waals surface area contributed by atoms with E-state index in [9.17, 15) is 9.59 Å². The Morgan fingerprint density at radius 1 is 1.18 bits per heavy atom. The largest absolute Gasteiger partial charge is 0.326 e. The summed E-state index contributed by atoms with van der Waals surface area (Å²) in [7, 11) is -1.69. The molecule has 1 aromatic carbocycles. The van der Waals surface area contributed by atoms with E-state index in [1.54, 1.807) is 0 Å². The van der Waals surface area contributed by atoms with E-state index in [1.165, 1.54) is 5.19 Å². The lowest BCUT2D eigenvalue weighted by Gasteiger charge is -2.25. The van der Waals surface area contributed by atoms with Gasteiger partial charge in [0.15, 0.2) is 0 Å². The lowest BCUT2D eigenvalue weighted by Crippen LogP contribution is -2.47. The molecule has 0 radical (unpaired) electrons. The van der Waals surface area contributed by atoms with Gasteiger partial charge in [-0.15, -0.1) is 0 Å². The summed E-state index contributed by atoms with van der Waals surface area (Å²) in [5.74, 6) is -0.202. The first kappa shape index (κ1) is 11.9. The van der Waals surface area contributed by atoms with E-state index < -0.39 is 8.07 Å². The van der Waals surface area contributed by atoms with E-state index >= 15 is 0 Å². The highest BCUT2D eigenvalue weighted by Gasteiger charge is 2.36. The van der Waals surface area contributed by atoms with Crippen molar-refractivity contribution in [1.82, 2.24) is 10.6 Å². The molecule has 0 unspecified atom stereocenters. The summed E-state index contributed by atoms with van der Waals surface area (Å²) in [5.41, 5.74) is 0. The average Bonchev–Trinajstić information content (AvgIpc) is 2.58. The van der Waals surface area contributed by atoms with Crippen molar-refractivity contribution in [3.05, 3.63) is 30.3 Å². The summed E-state index contributed by atoms with van der Waals surface area (Å²) in [6.07, 6.45) is 0. The predicted molar refractivity (Wildman–Crippen MR) is 68.8 cm³/mol. The molecule has 0 aliphatic carbocycles. The van der Waals surface area contributed by atoms with E-state index in [-0.39, 0.29) is 18.0 Å². The Hall–Kier alpha value is -1.62. The minimum Gasteiger partial charge on any atom is -0.326 e. The summed E-state index contributed by atoms with van der Waals surface area (Å²) in [6.45, 7) is 4.42. The molecular weight excluding hydrogens is 232 g/mol. The molecule has 17 heavy (non-hydrogen) atoms. The molecule has 3 amide bonds. The number of urea groups is 1. The summed E-state index contributed by atoms with van der Waals surface area (Å²) in [4.78, 5) is 22.6.